The van der Waals surface area contributed by atoms with Crippen molar-refractivity contribution in [1.82, 2.24) is 0 Å². The average Bonchev–Trinajstić information content (AvgIpc) is 2.16. The predicted octanol–water partition coefficient (Wildman–Crippen LogP) is 0.683. The number of benzene rings is 1. The van der Waals surface area contributed by atoms with Gasteiger partial charge in [0.25, 0.3) is 0 Å². The first-order valence-electron chi connectivity index (χ1n) is 4.00. The number of aliphatic hydroxyl groups excluding tert-OH is 1. The van der Waals surface area contributed by atoms with Crippen LogP contribution in [-0.2, 0) is 4.79 Å². The summed E-state index contributed by atoms with van der Waals surface area (Å²) in [5.41, 5.74) is 0.174. The van der Waals surface area contributed by atoms with Crippen LogP contribution in [0.4, 0.5) is 10.1 Å². The zero-order valence-electron chi connectivity index (χ0n) is 7.27. The third kappa shape index (κ3) is 2.70. The Bertz CT molecular complexity index is 330. The van der Waals surface area contributed by atoms with Crippen LogP contribution in [0.1, 0.15) is 0 Å². The van der Waals surface area contributed by atoms with Crippen LogP contribution in [0.15, 0.2) is 24.3 Å². The molecule has 0 amide bonds. The van der Waals surface area contributed by atoms with E-state index in [2.05, 4.69) is 5.32 Å². The van der Waals surface area contributed by atoms with Gasteiger partial charge in [0.2, 0.25) is 0 Å². The normalized spacial score (nSPS) is 12.1. The lowest BCUT2D eigenvalue weighted by Gasteiger charge is -2.09. The molecule has 14 heavy (non-hydrogen) atoms. The largest absolute Gasteiger partial charge is 0.479 e. The third-order valence-electron chi connectivity index (χ3n) is 1.64. The molecule has 5 heteroatoms. The van der Waals surface area contributed by atoms with E-state index < -0.39 is 17.9 Å². The molecule has 0 heterocycles. The Morgan fingerprint density at radius 3 is 2.71 bits per heavy atom. The minimum Gasteiger partial charge on any atom is -0.479 e. The summed E-state index contributed by atoms with van der Waals surface area (Å²) in [6.45, 7) is -0.226. The van der Waals surface area contributed by atoms with Crippen molar-refractivity contribution in [3.8, 4) is 0 Å². The molecule has 1 unspecified atom stereocenters. The van der Waals surface area contributed by atoms with Crippen molar-refractivity contribution in [1.29, 1.82) is 0 Å². The molecule has 4 nitrogen and oxygen atoms in total. The molecule has 1 rings (SSSR count). The van der Waals surface area contributed by atoms with E-state index in [1.165, 1.54) is 18.2 Å². The highest BCUT2D eigenvalue weighted by atomic mass is 19.1. The monoisotopic (exact) mass is 199 g/mol. The number of carboxylic acids is 1. The van der Waals surface area contributed by atoms with Gasteiger partial charge in [0.1, 0.15) is 5.82 Å². The fraction of sp³-hybridized carbons (Fsp3) is 0.222. The van der Waals surface area contributed by atoms with Gasteiger partial charge in [0.15, 0.2) is 6.10 Å². The molecule has 0 aliphatic heterocycles. The number of hydrogen-bond donors (Lipinski definition) is 3. The molecule has 0 aliphatic carbocycles. The highest BCUT2D eigenvalue weighted by Gasteiger charge is 2.12. The van der Waals surface area contributed by atoms with Gasteiger partial charge in [-0.25, -0.2) is 9.18 Å². The van der Waals surface area contributed by atoms with Gasteiger partial charge in [0, 0.05) is 0 Å². The Morgan fingerprint density at radius 2 is 2.14 bits per heavy atom. The first kappa shape index (κ1) is 10.5. The Hall–Kier alpha value is -1.62. The number of aliphatic hydroxyl groups is 1. The van der Waals surface area contributed by atoms with Gasteiger partial charge in [0.05, 0.1) is 12.2 Å². The molecular weight excluding hydrogens is 189 g/mol. The molecule has 0 fully saturated rings. The van der Waals surface area contributed by atoms with Crippen molar-refractivity contribution in [3.63, 3.8) is 0 Å². The Morgan fingerprint density at radius 1 is 1.50 bits per heavy atom. The highest BCUT2D eigenvalue weighted by molar-refractivity contribution is 5.72. The number of hydrogen-bond acceptors (Lipinski definition) is 3. The summed E-state index contributed by atoms with van der Waals surface area (Å²) in [5.74, 6) is -1.82. The molecular formula is C9H10FNO3. The van der Waals surface area contributed by atoms with Crippen molar-refractivity contribution in [2.45, 2.75) is 6.10 Å². The third-order valence-corrected chi connectivity index (χ3v) is 1.64. The second-order valence-electron chi connectivity index (χ2n) is 2.71. The summed E-state index contributed by atoms with van der Waals surface area (Å²) in [4.78, 5) is 10.2. The van der Waals surface area contributed by atoms with Crippen LogP contribution in [0.2, 0.25) is 0 Å². The van der Waals surface area contributed by atoms with E-state index in [4.69, 9.17) is 10.2 Å². The smallest absolute Gasteiger partial charge is 0.334 e. The van der Waals surface area contributed by atoms with E-state index in [0.717, 1.165) is 0 Å². The van der Waals surface area contributed by atoms with Crippen LogP contribution >= 0.6 is 0 Å². The number of para-hydroxylation sites is 1. The van der Waals surface area contributed by atoms with E-state index in [0.29, 0.717) is 0 Å². The molecule has 1 aromatic carbocycles. The summed E-state index contributed by atoms with van der Waals surface area (Å²) in [6, 6.07) is 5.84. The van der Waals surface area contributed by atoms with Gasteiger partial charge in [-0.2, -0.15) is 0 Å². The SMILES string of the molecule is O=C(O)C(O)CNc1ccccc1F. The number of carbonyl (C=O) groups is 1. The molecule has 0 radical (unpaired) electrons. The quantitative estimate of drug-likeness (QED) is 0.667. The molecule has 0 saturated heterocycles. The summed E-state index contributed by atoms with van der Waals surface area (Å²) in [7, 11) is 0. The van der Waals surface area contributed by atoms with Crippen LogP contribution in [0.5, 0.6) is 0 Å². The van der Waals surface area contributed by atoms with E-state index >= 15 is 0 Å². The lowest BCUT2D eigenvalue weighted by molar-refractivity contribution is -0.145. The minimum atomic E-state index is -1.53. The van der Waals surface area contributed by atoms with Crippen LogP contribution < -0.4 is 5.32 Å². The van der Waals surface area contributed by atoms with Crippen LogP contribution in [-0.4, -0.2) is 28.8 Å². The summed E-state index contributed by atoms with van der Waals surface area (Å²) >= 11 is 0. The number of nitrogens with one attached hydrogen (secondary N) is 1. The van der Waals surface area contributed by atoms with E-state index in [1.54, 1.807) is 6.07 Å². The number of aliphatic carboxylic acids is 1. The van der Waals surface area contributed by atoms with Gasteiger partial charge in [-0.15, -0.1) is 0 Å². The van der Waals surface area contributed by atoms with Crippen LogP contribution in [0, 0.1) is 5.82 Å². The van der Waals surface area contributed by atoms with Gasteiger partial charge in [-0.3, -0.25) is 0 Å². The number of carboxylic acid groups (broad SMARTS) is 1. The molecule has 0 bridgehead atoms. The molecule has 1 aromatic rings. The number of halogens is 1. The molecule has 1 atom stereocenters. The summed E-state index contributed by atoms with van der Waals surface area (Å²) < 4.78 is 12.9. The van der Waals surface area contributed by atoms with Gasteiger partial charge < -0.3 is 15.5 Å². The lowest BCUT2D eigenvalue weighted by atomic mass is 10.3. The summed E-state index contributed by atoms with van der Waals surface area (Å²) in [6.07, 6.45) is -1.53. The number of rotatable bonds is 4. The Balaban J connectivity index is 2.54. The van der Waals surface area contributed by atoms with E-state index in [-0.39, 0.29) is 12.2 Å². The molecule has 0 spiro atoms. The van der Waals surface area contributed by atoms with Gasteiger partial charge in [-0.05, 0) is 12.1 Å². The zero-order valence-corrected chi connectivity index (χ0v) is 7.27. The van der Waals surface area contributed by atoms with Crippen molar-refractivity contribution in [2.75, 3.05) is 11.9 Å². The topological polar surface area (TPSA) is 69.6 Å². The molecule has 3 N–H and O–H groups in total. The zero-order chi connectivity index (χ0) is 10.6. The van der Waals surface area contributed by atoms with Crippen LogP contribution in [0.25, 0.3) is 0 Å². The minimum absolute atomic E-state index is 0.174. The second kappa shape index (κ2) is 4.57. The Labute approximate surface area is 80.0 Å². The first-order chi connectivity index (χ1) is 6.61. The average molecular weight is 199 g/mol. The fourth-order valence-electron chi connectivity index (χ4n) is 0.899. The Kier molecular flexibility index (Phi) is 3.41. The lowest BCUT2D eigenvalue weighted by Crippen LogP contribution is -2.28. The molecule has 0 aromatic heterocycles. The van der Waals surface area contributed by atoms with Crippen molar-refractivity contribution >= 4 is 11.7 Å². The first-order valence-corrected chi connectivity index (χ1v) is 4.00. The molecule has 0 aliphatic rings. The van der Waals surface area contributed by atoms with Crippen molar-refractivity contribution < 1.29 is 19.4 Å². The van der Waals surface area contributed by atoms with Gasteiger partial charge >= 0.3 is 5.97 Å². The maximum absolute atomic E-state index is 12.9. The van der Waals surface area contributed by atoms with Crippen LogP contribution in [0.3, 0.4) is 0 Å². The maximum Gasteiger partial charge on any atom is 0.334 e. The van der Waals surface area contributed by atoms with E-state index in [9.17, 15) is 9.18 Å². The van der Waals surface area contributed by atoms with Gasteiger partial charge in [-0.1, -0.05) is 12.1 Å². The predicted molar refractivity (Wildman–Crippen MR) is 48.5 cm³/mol. The summed E-state index contributed by atoms with van der Waals surface area (Å²) in [5, 5.41) is 19.7. The maximum atomic E-state index is 12.9. The van der Waals surface area contributed by atoms with E-state index in [1.807, 2.05) is 0 Å². The standard InChI is InChI=1S/C9H10FNO3/c10-6-3-1-2-4-7(6)11-5-8(12)9(13)14/h1-4,8,11-12H,5H2,(H,13,14). The highest BCUT2D eigenvalue weighted by Crippen LogP contribution is 2.11. The second-order valence-corrected chi connectivity index (χ2v) is 2.71. The van der Waals surface area contributed by atoms with Crippen molar-refractivity contribution in [3.05, 3.63) is 30.1 Å². The molecule has 0 saturated carbocycles. The molecule has 76 valence electrons. The number of anilines is 1. The van der Waals surface area contributed by atoms with Crippen molar-refractivity contribution in [2.24, 2.45) is 0 Å². The fourth-order valence-corrected chi connectivity index (χ4v) is 0.899.